The Balaban J connectivity index is 2.30. The highest BCUT2D eigenvalue weighted by molar-refractivity contribution is 9.10. The summed E-state index contributed by atoms with van der Waals surface area (Å²) in [5, 5.41) is 14.5. The second-order valence-corrected chi connectivity index (χ2v) is 5.65. The highest BCUT2D eigenvalue weighted by Gasteiger charge is 2.10. The van der Waals surface area contributed by atoms with E-state index in [4.69, 9.17) is 16.7 Å². The summed E-state index contributed by atoms with van der Waals surface area (Å²) in [7, 11) is 0. The van der Waals surface area contributed by atoms with Gasteiger partial charge >= 0.3 is 12.0 Å². The average molecular weight is 364 g/mol. The molecule has 0 aliphatic carbocycles. The Labute approximate surface area is 130 Å². The number of anilines is 1. The molecule has 0 spiro atoms. The molecule has 0 aliphatic rings. The normalized spacial score (nSPS) is 11.8. The number of benzene rings is 1. The number of carbonyl (C=O) groups excluding carboxylic acids is 1. The zero-order chi connectivity index (χ0) is 15.1. The van der Waals surface area contributed by atoms with Crippen LogP contribution in [-0.2, 0) is 4.79 Å². The molecule has 1 aromatic carbocycles. The lowest BCUT2D eigenvalue weighted by Crippen LogP contribution is -2.29. The number of carboxylic acid groups (broad SMARTS) is 1. The lowest BCUT2D eigenvalue weighted by atomic mass is 10.1. The van der Waals surface area contributed by atoms with E-state index in [9.17, 15) is 9.59 Å². The molecule has 0 fully saturated rings. The largest absolute Gasteiger partial charge is 0.481 e. The van der Waals surface area contributed by atoms with Crippen LogP contribution in [0.15, 0.2) is 22.7 Å². The van der Waals surface area contributed by atoms with Gasteiger partial charge in [-0.3, -0.25) is 4.79 Å². The topological polar surface area (TPSA) is 78.4 Å². The van der Waals surface area contributed by atoms with Gasteiger partial charge in [-0.05, 0) is 47.0 Å². The third-order valence-corrected chi connectivity index (χ3v) is 3.93. The van der Waals surface area contributed by atoms with E-state index < -0.39 is 11.9 Å². The SMILES string of the molecule is CC(CCCNC(=O)Nc1ccc(Br)c(Cl)c1)C(=O)O. The molecule has 1 aromatic rings. The van der Waals surface area contributed by atoms with Crippen LogP contribution in [0.3, 0.4) is 0 Å². The van der Waals surface area contributed by atoms with Crippen molar-refractivity contribution in [2.45, 2.75) is 19.8 Å². The molecule has 0 bridgehead atoms. The zero-order valence-corrected chi connectivity index (χ0v) is 13.3. The minimum Gasteiger partial charge on any atom is -0.481 e. The van der Waals surface area contributed by atoms with Crippen LogP contribution in [0.25, 0.3) is 0 Å². The zero-order valence-electron chi connectivity index (χ0n) is 11.0. The molecule has 2 amide bonds. The number of carboxylic acids is 1. The summed E-state index contributed by atoms with van der Waals surface area (Å²) >= 11 is 9.18. The molecule has 20 heavy (non-hydrogen) atoms. The third-order valence-electron chi connectivity index (χ3n) is 2.70. The van der Waals surface area contributed by atoms with Crippen LogP contribution in [0.5, 0.6) is 0 Å². The minimum atomic E-state index is -0.820. The second kappa shape index (κ2) is 8.11. The average Bonchev–Trinajstić information content (AvgIpc) is 2.38. The van der Waals surface area contributed by atoms with Gasteiger partial charge in [-0.25, -0.2) is 4.79 Å². The lowest BCUT2D eigenvalue weighted by molar-refractivity contribution is -0.141. The van der Waals surface area contributed by atoms with Crippen molar-refractivity contribution in [1.82, 2.24) is 5.32 Å². The minimum absolute atomic E-state index is 0.341. The fourth-order valence-corrected chi connectivity index (χ4v) is 1.91. The summed E-state index contributed by atoms with van der Waals surface area (Å²) in [4.78, 5) is 22.2. The van der Waals surface area contributed by atoms with E-state index in [-0.39, 0.29) is 6.03 Å². The van der Waals surface area contributed by atoms with Crippen molar-refractivity contribution in [3.05, 3.63) is 27.7 Å². The van der Waals surface area contributed by atoms with E-state index in [2.05, 4.69) is 26.6 Å². The Kier molecular flexibility index (Phi) is 6.81. The fourth-order valence-electron chi connectivity index (χ4n) is 1.48. The number of amides is 2. The van der Waals surface area contributed by atoms with E-state index in [1.54, 1.807) is 25.1 Å². The second-order valence-electron chi connectivity index (χ2n) is 4.39. The van der Waals surface area contributed by atoms with Gasteiger partial charge in [0.2, 0.25) is 0 Å². The van der Waals surface area contributed by atoms with Gasteiger partial charge in [0.15, 0.2) is 0 Å². The monoisotopic (exact) mass is 362 g/mol. The summed E-state index contributed by atoms with van der Waals surface area (Å²) in [6, 6.07) is 4.76. The predicted molar refractivity (Wildman–Crippen MR) is 82.2 cm³/mol. The first kappa shape index (κ1) is 16.8. The summed E-state index contributed by atoms with van der Waals surface area (Å²) in [6.45, 7) is 2.07. The Bertz CT molecular complexity index is 497. The summed E-state index contributed by atoms with van der Waals surface area (Å²) in [5.41, 5.74) is 0.592. The predicted octanol–water partition coefficient (Wildman–Crippen LogP) is 3.72. The quantitative estimate of drug-likeness (QED) is 0.674. The number of hydrogen-bond donors (Lipinski definition) is 3. The van der Waals surface area contributed by atoms with Gasteiger partial charge in [-0.2, -0.15) is 0 Å². The molecule has 3 N–H and O–H groups in total. The van der Waals surface area contributed by atoms with Gasteiger partial charge < -0.3 is 15.7 Å². The van der Waals surface area contributed by atoms with Crippen LogP contribution in [0.4, 0.5) is 10.5 Å². The number of rotatable bonds is 6. The van der Waals surface area contributed by atoms with Gasteiger partial charge in [0, 0.05) is 16.7 Å². The van der Waals surface area contributed by atoms with Crippen LogP contribution < -0.4 is 10.6 Å². The maximum atomic E-state index is 11.6. The first-order chi connectivity index (χ1) is 9.40. The Morgan fingerprint density at radius 3 is 2.75 bits per heavy atom. The molecule has 0 aromatic heterocycles. The molecule has 0 saturated carbocycles. The van der Waals surface area contributed by atoms with E-state index in [0.717, 1.165) is 4.47 Å². The fraction of sp³-hybridized carbons (Fsp3) is 0.385. The molecule has 0 heterocycles. The summed E-state index contributed by atoms with van der Waals surface area (Å²) in [6.07, 6.45) is 1.14. The molecule has 7 heteroatoms. The van der Waals surface area contributed by atoms with E-state index in [0.29, 0.717) is 30.1 Å². The molecule has 0 aliphatic heterocycles. The third kappa shape index (κ3) is 5.79. The lowest BCUT2D eigenvalue weighted by Gasteiger charge is -2.09. The van der Waals surface area contributed by atoms with Crippen LogP contribution in [0, 0.1) is 5.92 Å². The number of halogens is 2. The van der Waals surface area contributed by atoms with Crippen LogP contribution in [-0.4, -0.2) is 23.7 Å². The Morgan fingerprint density at radius 2 is 2.15 bits per heavy atom. The van der Waals surface area contributed by atoms with Crippen molar-refractivity contribution in [2.24, 2.45) is 5.92 Å². The number of nitrogens with one attached hydrogen (secondary N) is 2. The first-order valence-electron chi connectivity index (χ1n) is 6.13. The molecule has 1 atom stereocenters. The number of aliphatic carboxylic acids is 1. The van der Waals surface area contributed by atoms with Gasteiger partial charge in [-0.15, -0.1) is 0 Å². The van der Waals surface area contributed by atoms with E-state index in [1.165, 1.54) is 0 Å². The van der Waals surface area contributed by atoms with Crippen molar-refractivity contribution in [2.75, 3.05) is 11.9 Å². The van der Waals surface area contributed by atoms with Crippen molar-refractivity contribution >= 4 is 45.2 Å². The molecular formula is C13H16BrClN2O3. The molecule has 1 unspecified atom stereocenters. The maximum Gasteiger partial charge on any atom is 0.319 e. The van der Waals surface area contributed by atoms with Crippen molar-refractivity contribution < 1.29 is 14.7 Å². The molecule has 0 radical (unpaired) electrons. The molecular weight excluding hydrogens is 348 g/mol. The van der Waals surface area contributed by atoms with E-state index >= 15 is 0 Å². The number of carbonyl (C=O) groups is 2. The van der Waals surface area contributed by atoms with Crippen LogP contribution in [0.2, 0.25) is 5.02 Å². The summed E-state index contributed by atoms with van der Waals surface area (Å²) in [5.74, 6) is -1.22. The van der Waals surface area contributed by atoms with Gasteiger partial charge in [0.25, 0.3) is 0 Å². The number of urea groups is 1. The standard InChI is InChI=1S/C13H16BrClN2O3/c1-8(12(18)19)3-2-6-16-13(20)17-9-4-5-10(14)11(15)7-9/h4-5,7-8H,2-3,6H2,1H3,(H,18,19)(H2,16,17,20). The summed E-state index contributed by atoms with van der Waals surface area (Å²) < 4.78 is 0.757. The van der Waals surface area contributed by atoms with Gasteiger partial charge in [-0.1, -0.05) is 18.5 Å². The van der Waals surface area contributed by atoms with Gasteiger partial charge in [0.1, 0.15) is 0 Å². The molecule has 1 rings (SSSR count). The molecule has 110 valence electrons. The van der Waals surface area contributed by atoms with E-state index in [1.807, 2.05) is 0 Å². The van der Waals surface area contributed by atoms with Gasteiger partial charge in [0.05, 0.1) is 10.9 Å². The molecule has 0 saturated heterocycles. The van der Waals surface area contributed by atoms with Crippen LogP contribution >= 0.6 is 27.5 Å². The number of hydrogen-bond acceptors (Lipinski definition) is 2. The van der Waals surface area contributed by atoms with Crippen molar-refractivity contribution in [3.8, 4) is 0 Å². The molecule has 5 nitrogen and oxygen atoms in total. The van der Waals surface area contributed by atoms with Crippen molar-refractivity contribution in [3.63, 3.8) is 0 Å². The smallest absolute Gasteiger partial charge is 0.319 e. The van der Waals surface area contributed by atoms with Crippen LogP contribution in [0.1, 0.15) is 19.8 Å². The highest BCUT2D eigenvalue weighted by Crippen LogP contribution is 2.25. The first-order valence-corrected chi connectivity index (χ1v) is 7.30. The highest BCUT2D eigenvalue weighted by atomic mass is 79.9. The Morgan fingerprint density at radius 1 is 1.45 bits per heavy atom. The Hall–Kier alpha value is -1.27. The maximum absolute atomic E-state index is 11.6. The van der Waals surface area contributed by atoms with Crippen molar-refractivity contribution in [1.29, 1.82) is 0 Å².